The molecule has 202 valence electrons. The van der Waals surface area contributed by atoms with Crippen LogP contribution in [0.3, 0.4) is 0 Å². The van der Waals surface area contributed by atoms with Crippen molar-refractivity contribution in [1.29, 1.82) is 0 Å². The molecule has 3 aromatic carbocycles. The van der Waals surface area contributed by atoms with Crippen molar-refractivity contribution in [2.75, 3.05) is 24.1 Å². The van der Waals surface area contributed by atoms with Crippen molar-refractivity contribution in [3.8, 4) is 5.75 Å². The lowest BCUT2D eigenvalue weighted by Crippen LogP contribution is -2.38. The average molecular weight is 569 g/mol. The van der Waals surface area contributed by atoms with Crippen LogP contribution >= 0.6 is 11.6 Å². The van der Waals surface area contributed by atoms with Crippen molar-refractivity contribution in [2.24, 2.45) is 0 Å². The molecule has 0 bridgehead atoms. The number of alkyl halides is 3. The number of hydrogen-bond donors (Lipinski definition) is 2. The summed E-state index contributed by atoms with van der Waals surface area (Å²) < 4.78 is 73.4. The van der Waals surface area contributed by atoms with Crippen LogP contribution in [0.4, 0.5) is 18.9 Å². The van der Waals surface area contributed by atoms with E-state index in [0.29, 0.717) is 0 Å². The number of rotatable bonds is 7. The molecule has 1 atom stereocenters. The molecule has 38 heavy (non-hydrogen) atoms. The van der Waals surface area contributed by atoms with E-state index in [2.05, 4.69) is 5.32 Å². The van der Waals surface area contributed by atoms with Gasteiger partial charge in [-0.1, -0.05) is 23.7 Å². The van der Waals surface area contributed by atoms with E-state index in [9.17, 15) is 31.5 Å². The molecular formula is C26H24ClF3N2O5S. The summed E-state index contributed by atoms with van der Waals surface area (Å²) in [5.74, 6) is -0.435. The first kappa shape index (κ1) is 27.7. The summed E-state index contributed by atoms with van der Waals surface area (Å²) in [5.41, 5.74) is 0.00710. The molecule has 0 saturated heterocycles. The van der Waals surface area contributed by atoms with Gasteiger partial charge in [0, 0.05) is 17.2 Å². The standard InChI is InChI=1S/C26H24ClF3N2O5S/c1-16-3-2-4-19(13-16)38(35,36)32-10-12-37-24-8-5-17(14-23(24)32)25(34)31-22(9-11-33)20-15-18(26(28,29)30)6-7-21(20)27/h2-8,13-15,22,33H,9-12H2,1H3,(H,31,34)/t22-/m0/s1. The number of fused-ring (bicyclic) bond motifs is 1. The molecular weight excluding hydrogens is 545 g/mol. The Labute approximate surface area is 222 Å². The van der Waals surface area contributed by atoms with E-state index in [1.54, 1.807) is 25.1 Å². The zero-order valence-electron chi connectivity index (χ0n) is 20.1. The smallest absolute Gasteiger partial charge is 0.416 e. The van der Waals surface area contributed by atoms with E-state index in [-0.39, 0.29) is 52.1 Å². The highest BCUT2D eigenvalue weighted by Crippen LogP contribution is 2.37. The Balaban J connectivity index is 1.67. The maximum Gasteiger partial charge on any atom is 0.416 e. The van der Waals surface area contributed by atoms with E-state index in [1.165, 1.54) is 24.3 Å². The Morgan fingerprint density at radius 1 is 1.16 bits per heavy atom. The van der Waals surface area contributed by atoms with Gasteiger partial charge in [0.25, 0.3) is 15.9 Å². The van der Waals surface area contributed by atoms with Gasteiger partial charge in [0.1, 0.15) is 12.4 Å². The van der Waals surface area contributed by atoms with Crippen LogP contribution in [-0.4, -0.2) is 39.2 Å². The Kier molecular flexibility index (Phi) is 7.91. The van der Waals surface area contributed by atoms with E-state index in [4.69, 9.17) is 16.3 Å². The lowest BCUT2D eigenvalue weighted by molar-refractivity contribution is -0.137. The van der Waals surface area contributed by atoms with Crippen molar-refractivity contribution in [2.45, 2.75) is 30.5 Å². The Morgan fingerprint density at radius 3 is 2.61 bits per heavy atom. The molecule has 7 nitrogen and oxygen atoms in total. The summed E-state index contributed by atoms with van der Waals surface area (Å²) in [6.45, 7) is 1.46. The number of ether oxygens (including phenoxy) is 1. The van der Waals surface area contributed by atoms with Crippen LogP contribution in [0.15, 0.2) is 65.6 Å². The largest absolute Gasteiger partial charge is 0.489 e. The number of benzene rings is 3. The van der Waals surface area contributed by atoms with Gasteiger partial charge in [0.15, 0.2) is 0 Å². The number of aliphatic hydroxyl groups is 1. The first-order chi connectivity index (χ1) is 17.9. The molecule has 4 rings (SSSR count). The lowest BCUT2D eigenvalue weighted by Gasteiger charge is -2.31. The summed E-state index contributed by atoms with van der Waals surface area (Å²) in [6.07, 6.45) is -4.73. The van der Waals surface area contributed by atoms with Gasteiger partial charge in [-0.2, -0.15) is 13.2 Å². The highest BCUT2D eigenvalue weighted by Gasteiger charge is 2.33. The summed E-state index contributed by atoms with van der Waals surface area (Å²) in [4.78, 5) is 13.3. The summed E-state index contributed by atoms with van der Waals surface area (Å²) in [6, 6.07) is 12.4. The molecule has 1 heterocycles. The second kappa shape index (κ2) is 10.8. The van der Waals surface area contributed by atoms with Crippen molar-refractivity contribution in [3.63, 3.8) is 0 Å². The molecule has 0 aliphatic carbocycles. The second-order valence-electron chi connectivity index (χ2n) is 8.70. The minimum absolute atomic E-state index is 0.00571. The van der Waals surface area contributed by atoms with Gasteiger partial charge in [0.05, 0.1) is 28.7 Å². The predicted molar refractivity (Wildman–Crippen MR) is 136 cm³/mol. The predicted octanol–water partition coefficient (Wildman–Crippen LogP) is 5.11. The molecule has 3 aromatic rings. The highest BCUT2D eigenvalue weighted by molar-refractivity contribution is 7.92. The zero-order chi connectivity index (χ0) is 27.7. The quantitative estimate of drug-likeness (QED) is 0.413. The lowest BCUT2D eigenvalue weighted by atomic mass is 10.0. The second-order valence-corrected chi connectivity index (χ2v) is 11.0. The van der Waals surface area contributed by atoms with Gasteiger partial charge in [-0.05, 0) is 73.0 Å². The maximum absolute atomic E-state index is 13.4. The van der Waals surface area contributed by atoms with Crippen LogP contribution in [0.2, 0.25) is 5.02 Å². The molecule has 0 radical (unpaired) electrons. The number of aryl methyl sites for hydroxylation is 1. The normalized spacial score (nSPS) is 14.4. The summed E-state index contributed by atoms with van der Waals surface area (Å²) in [7, 11) is -3.97. The number of sulfonamides is 1. The fourth-order valence-corrected chi connectivity index (χ4v) is 5.96. The molecule has 0 fully saturated rings. The number of nitrogens with one attached hydrogen (secondary N) is 1. The third kappa shape index (κ3) is 5.74. The van der Waals surface area contributed by atoms with Gasteiger partial charge in [-0.15, -0.1) is 0 Å². The molecule has 12 heteroatoms. The van der Waals surface area contributed by atoms with Gasteiger partial charge < -0.3 is 15.2 Å². The molecule has 0 aromatic heterocycles. The number of nitrogens with zero attached hydrogens (tertiary/aromatic N) is 1. The molecule has 0 saturated carbocycles. The SMILES string of the molecule is Cc1cccc(S(=O)(=O)N2CCOc3ccc(C(=O)N[C@@H](CCO)c4cc(C(F)(F)F)ccc4Cl)cc32)c1. The van der Waals surface area contributed by atoms with Crippen molar-refractivity contribution >= 4 is 33.2 Å². The van der Waals surface area contributed by atoms with Crippen molar-refractivity contribution in [1.82, 2.24) is 5.32 Å². The third-order valence-corrected chi connectivity index (χ3v) is 8.19. The van der Waals surface area contributed by atoms with E-state index in [0.717, 1.165) is 28.1 Å². The van der Waals surface area contributed by atoms with Gasteiger partial charge in [0.2, 0.25) is 0 Å². The number of carbonyl (C=O) groups excluding carboxylic acids is 1. The Morgan fingerprint density at radius 2 is 1.92 bits per heavy atom. The Bertz CT molecular complexity index is 1460. The zero-order valence-corrected chi connectivity index (χ0v) is 21.7. The van der Waals surface area contributed by atoms with Crippen LogP contribution in [0.25, 0.3) is 0 Å². The van der Waals surface area contributed by atoms with Crippen LogP contribution in [0.5, 0.6) is 5.75 Å². The monoisotopic (exact) mass is 568 g/mol. The van der Waals surface area contributed by atoms with E-state index in [1.807, 2.05) is 0 Å². The molecule has 1 amide bonds. The van der Waals surface area contributed by atoms with E-state index < -0.39 is 40.3 Å². The minimum atomic E-state index is -4.63. The molecule has 1 aliphatic heterocycles. The minimum Gasteiger partial charge on any atom is -0.489 e. The van der Waals surface area contributed by atoms with E-state index >= 15 is 0 Å². The van der Waals surface area contributed by atoms with Crippen molar-refractivity contribution in [3.05, 3.63) is 87.9 Å². The molecule has 0 spiro atoms. The number of hydrogen-bond acceptors (Lipinski definition) is 5. The third-order valence-electron chi connectivity index (χ3n) is 6.04. The number of amides is 1. The highest BCUT2D eigenvalue weighted by atomic mass is 35.5. The molecule has 1 aliphatic rings. The number of halogens is 4. The topological polar surface area (TPSA) is 95.9 Å². The Hall–Kier alpha value is -3.28. The fourth-order valence-electron chi connectivity index (χ4n) is 4.15. The summed E-state index contributed by atoms with van der Waals surface area (Å²) >= 11 is 6.15. The van der Waals surface area contributed by atoms with Gasteiger partial charge in [-0.25, -0.2) is 8.42 Å². The first-order valence-electron chi connectivity index (χ1n) is 11.6. The number of anilines is 1. The first-order valence-corrected chi connectivity index (χ1v) is 13.4. The fraction of sp³-hybridized carbons (Fsp3) is 0.269. The van der Waals surface area contributed by atoms with Crippen LogP contribution < -0.4 is 14.4 Å². The van der Waals surface area contributed by atoms with Crippen molar-refractivity contribution < 1.29 is 36.2 Å². The number of carbonyl (C=O) groups is 1. The van der Waals surface area contributed by atoms with Gasteiger partial charge in [-0.3, -0.25) is 9.10 Å². The van der Waals surface area contributed by atoms with Crippen LogP contribution in [0.1, 0.15) is 39.5 Å². The van der Waals surface area contributed by atoms with Gasteiger partial charge >= 0.3 is 6.18 Å². The molecule has 0 unspecified atom stereocenters. The maximum atomic E-state index is 13.4. The van der Waals surface area contributed by atoms with Crippen LogP contribution in [-0.2, 0) is 16.2 Å². The molecule has 2 N–H and O–H groups in total. The average Bonchev–Trinajstić information content (AvgIpc) is 2.87. The summed E-state index contributed by atoms with van der Waals surface area (Å²) in [5, 5.41) is 12.1. The van der Waals surface area contributed by atoms with Crippen LogP contribution in [0, 0.1) is 6.92 Å². The number of aliphatic hydroxyl groups excluding tert-OH is 1.